The van der Waals surface area contributed by atoms with Gasteiger partial charge in [-0.05, 0) is 17.5 Å². The zero-order valence-electron chi connectivity index (χ0n) is 11.3. The highest BCUT2D eigenvalue weighted by Gasteiger charge is 2.07. The molecule has 0 unspecified atom stereocenters. The minimum Gasteiger partial charge on any atom is -0.352 e. The maximum Gasteiger partial charge on any atom is 0.252 e. The van der Waals surface area contributed by atoms with E-state index in [-0.39, 0.29) is 37.1 Å². The van der Waals surface area contributed by atoms with Crippen molar-refractivity contribution in [2.24, 2.45) is 0 Å². The maximum absolute atomic E-state index is 13.3. The molecular weight excluding hydrogens is 291 g/mol. The monoisotopic (exact) mass is 306 g/mol. The second kappa shape index (κ2) is 7.54. The summed E-state index contributed by atoms with van der Waals surface area (Å²) in [5.74, 6) is -0.773. The molecule has 1 heterocycles. The summed E-state index contributed by atoms with van der Waals surface area (Å²) in [6.45, 7) is 0.391. The molecule has 4 nitrogen and oxygen atoms in total. The average molecular weight is 306 g/mol. The molecule has 0 bridgehead atoms. The molecule has 2 aromatic rings. The van der Waals surface area contributed by atoms with Crippen molar-refractivity contribution in [1.29, 1.82) is 0 Å². The van der Waals surface area contributed by atoms with Gasteiger partial charge in [-0.2, -0.15) is 11.3 Å². The second-order valence-corrected chi connectivity index (χ2v) is 5.17. The Morgan fingerprint density at radius 3 is 2.67 bits per heavy atom. The first-order chi connectivity index (χ1) is 10.2. The molecule has 6 heteroatoms. The number of nitrogens with one attached hydrogen (secondary N) is 2. The highest BCUT2D eigenvalue weighted by molar-refractivity contribution is 7.08. The number of amides is 2. The Kier molecular flexibility index (Phi) is 5.45. The van der Waals surface area contributed by atoms with Gasteiger partial charge in [0.25, 0.3) is 5.91 Å². The van der Waals surface area contributed by atoms with E-state index in [0.29, 0.717) is 11.1 Å². The molecule has 0 aliphatic rings. The van der Waals surface area contributed by atoms with E-state index in [2.05, 4.69) is 10.6 Å². The van der Waals surface area contributed by atoms with Gasteiger partial charge in [-0.3, -0.25) is 9.59 Å². The number of halogens is 1. The summed E-state index contributed by atoms with van der Waals surface area (Å²) in [5.41, 5.74) is 1.03. The van der Waals surface area contributed by atoms with Crippen LogP contribution in [-0.2, 0) is 11.3 Å². The van der Waals surface area contributed by atoms with Gasteiger partial charge in [-0.1, -0.05) is 18.2 Å². The summed E-state index contributed by atoms with van der Waals surface area (Å²) >= 11 is 1.44. The highest BCUT2D eigenvalue weighted by atomic mass is 32.1. The lowest BCUT2D eigenvalue weighted by atomic mass is 10.2. The molecule has 2 N–H and O–H groups in total. The predicted molar refractivity (Wildman–Crippen MR) is 79.5 cm³/mol. The van der Waals surface area contributed by atoms with Crippen molar-refractivity contribution >= 4 is 23.2 Å². The Balaban J connectivity index is 1.68. The van der Waals surface area contributed by atoms with Gasteiger partial charge >= 0.3 is 0 Å². The largest absolute Gasteiger partial charge is 0.352 e. The molecule has 0 spiro atoms. The zero-order chi connectivity index (χ0) is 15.1. The molecule has 0 fully saturated rings. The molecule has 0 saturated carbocycles. The van der Waals surface area contributed by atoms with Gasteiger partial charge in [0.15, 0.2) is 0 Å². The Bertz CT molecular complexity index is 614. The standard InChI is InChI=1S/C15H15FN2O2S/c16-13-4-2-1-3-11(13)9-18-14(19)5-7-17-15(20)12-6-8-21-10-12/h1-4,6,8,10H,5,7,9H2,(H,17,20)(H,18,19). The van der Waals surface area contributed by atoms with E-state index in [0.717, 1.165) is 0 Å². The van der Waals surface area contributed by atoms with Gasteiger partial charge in [-0.25, -0.2) is 4.39 Å². The Hall–Kier alpha value is -2.21. The smallest absolute Gasteiger partial charge is 0.252 e. The Morgan fingerprint density at radius 1 is 1.14 bits per heavy atom. The maximum atomic E-state index is 13.3. The van der Waals surface area contributed by atoms with Crippen molar-refractivity contribution in [3.8, 4) is 0 Å². The van der Waals surface area contributed by atoms with Gasteiger partial charge in [0.1, 0.15) is 5.82 Å². The number of carbonyl (C=O) groups is 2. The minimum atomic E-state index is -0.344. The van der Waals surface area contributed by atoms with E-state index >= 15 is 0 Å². The summed E-state index contributed by atoms with van der Waals surface area (Å²) in [4.78, 5) is 23.2. The summed E-state index contributed by atoms with van der Waals surface area (Å²) in [7, 11) is 0. The van der Waals surface area contributed by atoms with E-state index < -0.39 is 0 Å². The normalized spacial score (nSPS) is 10.1. The molecule has 21 heavy (non-hydrogen) atoms. The van der Waals surface area contributed by atoms with Crippen molar-refractivity contribution in [3.63, 3.8) is 0 Å². The highest BCUT2D eigenvalue weighted by Crippen LogP contribution is 2.06. The van der Waals surface area contributed by atoms with Crippen LogP contribution in [0.4, 0.5) is 4.39 Å². The fourth-order valence-electron chi connectivity index (χ4n) is 1.71. The average Bonchev–Trinajstić information content (AvgIpc) is 3.00. The van der Waals surface area contributed by atoms with Crippen LogP contribution >= 0.6 is 11.3 Å². The third kappa shape index (κ3) is 4.68. The Labute approximate surface area is 126 Å². The molecule has 110 valence electrons. The van der Waals surface area contributed by atoms with Crippen LogP contribution in [0.15, 0.2) is 41.1 Å². The first-order valence-corrected chi connectivity index (χ1v) is 7.41. The van der Waals surface area contributed by atoms with Crippen molar-refractivity contribution in [2.75, 3.05) is 6.54 Å². The topological polar surface area (TPSA) is 58.2 Å². The molecule has 0 radical (unpaired) electrons. The quantitative estimate of drug-likeness (QED) is 0.860. The van der Waals surface area contributed by atoms with Crippen molar-refractivity contribution < 1.29 is 14.0 Å². The van der Waals surface area contributed by atoms with Crippen LogP contribution in [0.1, 0.15) is 22.3 Å². The van der Waals surface area contributed by atoms with Gasteiger partial charge in [-0.15, -0.1) is 0 Å². The predicted octanol–water partition coefficient (Wildman–Crippen LogP) is 2.32. The van der Waals surface area contributed by atoms with E-state index in [1.54, 1.807) is 29.6 Å². The first kappa shape index (κ1) is 15.2. The molecule has 0 atom stereocenters. The lowest BCUT2D eigenvalue weighted by molar-refractivity contribution is -0.121. The SMILES string of the molecule is O=C(CCNC(=O)c1ccsc1)NCc1ccccc1F. The molecule has 0 aliphatic heterocycles. The molecule has 0 aliphatic carbocycles. The van der Waals surface area contributed by atoms with Gasteiger partial charge in [0.2, 0.25) is 5.91 Å². The molecule has 1 aromatic carbocycles. The number of hydrogen-bond acceptors (Lipinski definition) is 3. The van der Waals surface area contributed by atoms with E-state index in [1.807, 2.05) is 5.38 Å². The lowest BCUT2D eigenvalue weighted by Gasteiger charge is -2.07. The van der Waals surface area contributed by atoms with Crippen LogP contribution in [0.3, 0.4) is 0 Å². The number of hydrogen-bond donors (Lipinski definition) is 2. The van der Waals surface area contributed by atoms with E-state index in [4.69, 9.17) is 0 Å². The zero-order valence-corrected chi connectivity index (χ0v) is 12.1. The fourth-order valence-corrected chi connectivity index (χ4v) is 2.35. The third-order valence-corrected chi connectivity index (χ3v) is 3.54. The number of carbonyl (C=O) groups excluding carboxylic acids is 2. The third-order valence-electron chi connectivity index (χ3n) is 2.85. The summed E-state index contributed by atoms with van der Waals surface area (Å²) < 4.78 is 13.3. The molecular formula is C15H15FN2O2S. The molecule has 0 saturated heterocycles. The van der Waals surface area contributed by atoms with E-state index in [1.165, 1.54) is 17.4 Å². The van der Waals surface area contributed by atoms with E-state index in [9.17, 15) is 14.0 Å². The lowest BCUT2D eigenvalue weighted by Crippen LogP contribution is -2.30. The van der Waals surface area contributed by atoms with Crippen LogP contribution in [0.25, 0.3) is 0 Å². The minimum absolute atomic E-state index is 0.143. The van der Waals surface area contributed by atoms with Crippen molar-refractivity contribution in [2.45, 2.75) is 13.0 Å². The van der Waals surface area contributed by atoms with Gasteiger partial charge < -0.3 is 10.6 Å². The van der Waals surface area contributed by atoms with Crippen LogP contribution in [-0.4, -0.2) is 18.4 Å². The van der Waals surface area contributed by atoms with Crippen molar-refractivity contribution in [1.82, 2.24) is 10.6 Å². The van der Waals surface area contributed by atoms with Gasteiger partial charge in [0.05, 0.1) is 0 Å². The first-order valence-electron chi connectivity index (χ1n) is 6.47. The second-order valence-electron chi connectivity index (χ2n) is 4.39. The Morgan fingerprint density at radius 2 is 1.95 bits per heavy atom. The summed E-state index contributed by atoms with van der Waals surface area (Å²) in [6.07, 6.45) is 0.157. The summed E-state index contributed by atoms with van der Waals surface area (Å²) in [6, 6.07) is 8.00. The fraction of sp³-hybridized carbons (Fsp3) is 0.200. The number of benzene rings is 1. The van der Waals surface area contributed by atoms with Crippen LogP contribution < -0.4 is 10.6 Å². The van der Waals surface area contributed by atoms with Crippen LogP contribution in [0.2, 0.25) is 0 Å². The molecule has 1 aromatic heterocycles. The van der Waals surface area contributed by atoms with Crippen LogP contribution in [0.5, 0.6) is 0 Å². The molecule has 2 rings (SSSR count). The number of thiophene rings is 1. The molecule has 2 amide bonds. The van der Waals surface area contributed by atoms with Gasteiger partial charge in [0, 0.05) is 36.0 Å². The number of rotatable bonds is 6. The van der Waals surface area contributed by atoms with Crippen LogP contribution in [0, 0.1) is 5.82 Å². The van der Waals surface area contributed by atoms with Crippen molar-refractivity contribution in [3.05, 3.63) is 58.0 Å². The summed E-state index contributed by atoms with van der Waals surface area (Å²) in [5, 5.41) is 8.84.